The van der Waals surface area contributed by atoms with Crippen molar-refractivity contribution in [2.45, 2.75) is 13.8 Å². The van der Waals surface area contributed by atoms with Crippen LogP contribution in [-0.2, 0) is 0 Å². The molecule has 0 radical (unpaired) electrons. The van der Waals surface area contributed by atoms with Gasteiger partial charge < -0.3 is 9.52 Å². The van der Waals surface area contributed by atoms with E-state index in [1.54, 1.807) is 32.2 Å². The number of pyridine rings is 1. The van der Waals surface area contributed by atoms with Gasteiger partial charge in [0.15, 0.2) is 5.69 Å². The van der Waals surface area contributed by atoms with Gasteiger partial charge in [-0.2, -0.15) is 0 Å². The SMILES string of the molecule is Cc1ccc(-c2ncc(C)o2)c(C(=O)O)n1. The molecule has 0 aliphatic heterocycles. The molecule has 0 unspecified atom stereocenters. The molecular weight excluding hydrogens is 208 g/mol. The Morgan fingerprint density at radius 2 is 2.12 bits per heavy atom. The van der Waals surface area contributed by atoms with Crippen LogP contribution in [0.5, 0.6) is 0 Å². The summed E-state index contributed by atoms with van der Waals surface area (Å²) in [5.41, 5.74) is 0.998. The fourth-order valence-electron chi connectivity index (χ4n) is 1.37. The van der Waals surface area contributed by atoms with Crippen molar-refractivity contribution < 1.29 is 14.3 Å². The molecule has 0 saturated carbocycles. The van der Waals surface area contributed by atoms with Gasteiger partial charge in [-0.25, -0.2) is 14.8 Å². The van der Waals surface area contributed by atoms with Crippen molar-refractivity contribution in [1.82, 2.24) is 9.97 Å². The molecule has 0 aromatic carbocycles. The van der Waals surface area contributed by atoms with Crippen LogP contribution in [0, 0.1) is 13.8 Å². The zero-order chi connectivity index (χ0) is 11.7. The number of hydrogen-bond donors (Lipinski definition) is 1. The minimum Gasteiger partial charge on any atom is -0.476 e. The number of rotatable bonds is 2. The highest BCUT2D eigenvalue weighted by molar-refractivity contribution is 5.92. The number of carboxylic acids is 1. The molecule has 1 N–H and O–H groups in total. The molecule has 0 spiro atoms. The minimum absolute atomic E-state index is 0.0400. The number of nitrogens with zero attached hydrogens (tertiary/aromatic N) is 2. The van der Waals surface area contributed by atoms with Crippen LogP contribution < -0.4 is 0 Å². The van der Waals surface area contributed by atoms with E-state index in [1.807, 2.05) is 0 Å². The minimum atomic E-state index is -1.09. The van der Waals surface area contributed by atoms with E-state index < -0.39 is 5.97 Å². The van der Waals surface area contributed by atoms with E-state index in [-0.39, 0.29) is 11.6 Å². The largest absolute Gasteiger partial charge is 0.476 e. The van der Waals surface area contributed by atoms with Gasteiger partial charge in [-0.15, -0.1) is 0 Å². The summed E-state index contributed by atoms with van der Waals surface area (Å²) in [6.45, 7) is 3.48. The van der Waals surface area contributed by atoms with Crippen molar-refractivity contribution in [2.24, 2.45) is 0 Å². The summed E-state index contributed by atoms with van der Waals surface area (Å²) in [7, 11) is 0. The summed E-state index contributed by atoms with van der Waals surface area (Å²) in [4.78, 5) is 19.0. The molecule has 0 saturated heterocycles. The monoisotopic (exact) mass is 218 g/mol. The number of aryl methyl sites for hydroxylation is 2. The first-order valence-corrected chi connectivity index (χ1v) is 4.71. The highest BCUT2D eigenvalue weighted by atomic mass is 16.4. The molecule has 0 fully saturated rings. The third kappa shape index (κ3) is 1.79. The lowest BCUT2D eigenvalue weighted by Crippen LogP contribution is -2.04. The van der Waals surface area contributed by atoms with Crippen LogP contribution in [0.15, 0.2) is 22.7 Å². The summed E-state index contributed by atoms with van der Waals surface area (Å²) in [6.07, 6.45) is 1.54. The van der Waals surface area contributed by atoms with E-state index in [1.165, 1.54) is 0 Å². The third-order valence-corrected chi connectivity index (χ3v) is 2.09. The Labute approximate surface area is 91.8 Å². The van der Waals surface area contributed by atoms with Crippen LogP contribution in [0.25, 0.3) is 11.5 Å². The molecule has 0 aliphatic rings. The highest BCUT2D eigenvalue weighted by Gasteiger charge is 2.17. The normalized spacial score (nSPS) is 10.4. The average Bonchev–Trinajstić information content (AvgIpc) is 2.64. The van der Waals surface area contributed by atoms with Crippen LogP contribution in [0.3, 0.4) is 0 Å². The second-order valence-corrected chi connectivity index (χ2v) is 3.43. The summed E-state index contributed by atoms with van der Waals surface area (Å²) < 4.78 is 5.29. The molecule has 2 rings (SSSR count). The number of oxazole rings is 1. The lowest BCUT2D eigenvalue weighted by Gasteiger charge is -2.02. The first-order chi connectivity index (χ1) is 7.58. The average molecular weight is 218 g/mol. The van der Waals surface area contributed by atoms with Crippen molar-refractivity contribution in [3.05, 3.63) is 35.5 Å². The van der Waals surface area contributed by atoms with Gasteiger partial charge in [0.25, 0.3) is 0 Å². The predicted octanol–water partition coefficient (Wildman–Crippen LogP) is 2.05. The predicted molar refractivity (Wildman–Crippen MR) is 56.2 cm³/mol. The van der Waals surface area contributed by atoms with Crippen LogP contribution in [0.1, 0.15) is 21.9 Å². The van der Waals surface area contributed by atoms with Gasteiger partial charge in [0.2, 0.25) is 5.89 Å². The molecule has 16 heavy (non-hydrogen) atoms. The summed E-state index contributed by atoms with van der Waals surface area (Å²) in [5.74, 6) is -0.177. The number of carbonyl (C=O) groups is 1. The molecule has 0 amide bonds. The lowest BCUT2D eigenvalue weighted by atomic mass is 10.1. The smallest absolute Gasteiger partial charge is 0.355 e. The Morgan fingerprint density at radius 1 is 1.38 bits per heavy atom. The van der Waals surface area contributed by atoms with Crippen molar-refractivity contribution >= 4 is 5.97 Å². The van der Waals surface area contributed by atoms with Crippen molar-refractivity contribution in [1.29, 1.82) is 0 Å². The zero-order valence-corrected chi connectivity index (χ0v) is 8.89. The van der Waals surface area contributed by atoms with Gasteiger partial charge in [-0.05, 0) is 26.0 Å². The maximum absolute atomic E-state index is 11.0. The topological polar surface area (TPSA) is 76.2 Å². The third-order valence-electron chi connectivity index (χ3n) is 2.09. The number of hydrogen-bond acceptors (Lipinski definition) is 4. The van der Waals surface area contributed by atoms with Crippen molar-refractivity contribution in [2.75, 3.05) is 0 Å². The van der Waals surface area contributed by atoms with Crippen LogP contribution in [-0.4, -0.2) is 21.0 Å². The Morgan fingerprint density at radius 3 is 2.69 bits per heavy atom. The summed E-state index contributed by atoms with van der Waals surface area (Å²) in [6, 6.07) is 3.37. The van der Waals surface area contributed by atoms with Gasteiger partial charge in [-0.3, -0.25) is 0 Å². The first-order valence-electron chi connectivity index (χ1n) is 4.71. The molecule has 5 nitrogen and oxygen atoms in total. The van der Waals surface area contributed by atoms with Gasteiger partial charge >= 0.3 is 5.97 Å². The van der Waals surface area contributed by atoms with E-state index in [9.17, 15) is 4.79 Å². The maximum Gasteiger partial charge on any atom is 0.355 e. The number of aromatic carboxylic acids is 1. The molecule has 82 valence electrons. The van der Waals surface area contributed by atoms with Gasteiger partial charge in [0.1, 0.15) is 5.76 Å². The second kappa shape index (κ2) is 3.77. The van der Waals surface area contributed by atoms with Crippen LogP contribution >= 0.6 is 0 Å². The Balaban J connectivity index is 2.60. The van der Waals surface area contributed by atoms with E-state index in [2.05, 4.69) is 9.97 Å². The standard InChI is InChI=1S/C11H10N2O3/c1-6-3-4-8(9(13-6)11(14)15)10-12-5-7(2)16-10/h3-5H,1-2H3,(H,14,15). The molecule has 0 atom stereocenters. The van der Waals surface area contributed by atoms with Crippen molar-refractivity contribution in [3.63, 3.8) is 0 Å². The molecule has 2 aromatic heterocycles. The van der Waals surface area contributed by atoms with Crippen molar-refractivity contribution in [3.8, 4) is 11.5 Å². The molecular formula is C11H10N2O3. The van der Waals surface area contributed by atoms with Gasteiger partial charge in [-0.1, -0.05) is 0 Å². The van der Waals surface area contributed by atoms with E-state index in [0.29, 0.717) is 17.0 Å². The summed E-state index contributed by atoms with van der Waals surface area (Å²) >= 11 is 0. The fraction of sp³-hybridized carbons (Fsp3) is 0.182. The van der Waals surface area contributed by atoms with Gasteiger partial charge in [0.05, 0.1) is 11.8 Å². The van der Waals surface area contributed by atoms with E-state index in [4.69, 9.17) is 9.52 Å². The molecule has 0 aliphatic carbocycles. The maximum atomic E-state index is 11.0. The van der Waals surface area contributed by atoms with Crippen LogP contribution in [0.2, 0.25) is 0 Å². The Kier molecular flexibility index (Phi) is 2.44. The van der Waals surface area contributed by atoms with Crippen LogP contribution in [0.4, 0.5) is 0 Å². The van der Waals surface area contributed by atoms with E-state index in [0.717, 1.165) is 0 Å². The fourth-order valence-corrected chi connectivity index (χ4v) is 1.37. The molecule has 0 bridgehead atoms. The zero-order valence-electron chi connectivity index (χ0n) is 8.89. The Hall–Kier alpha value is -2.17. The number of carboxylic acid groups (broad SMARTS) is 1. The molecule has 2 aromatic rings. The Bertz CT molecular complexity index is 546. The second-order valence-electron chi connectivity index (χ2n) is 3.43. The lowest BCUT2D eigenvalue weighted by molar-refractivity contribution is 0.0691. The molecule has 5 heteroatoms. The molecule has 2 heterocycles. The quantitative estimate of drug-likeness (QED) is 0.834. The highest BCUT2D eigenvalue weighted by Crippen LogP contribution is 2.22. The van der Waals surface area contributed by atoms with Gasteiger partial charge in [0, 0.05) is 5.69 Å². The number of aromatic nitrogens is 2. The van der Waals surface area contributed by atoms with E-state index >= 15 is 0 Å². The summed E-state index contributed by atoms with van der Waals surface area (Å²) in [5, 5.41) is 9.03. The first kappa shape index (κ1) is 10.4.